The molecule has 10 heteroatoms. The predicted molar refractivity (Wildman–Crippen MR) is 196 cm³/mol. The van der Waals surface area contributed by atoms with Crippen LogP contribution < -0.4 is 9.47 Å². The van der Waals surface area contributed by atoms with Gasteiger partial charge in [-0.2, -0.15) is 0 Å². The molecule has 0 radical (unpaired) electrons. The van der Waals surface area contributed by atoms with Crippen LogP contribution in [0.25, 0.3) is 0 Å². The fourth-order valence-corrected chi connectivity index (χ4v) is 7.91. The number of carbonyl (C=O) groups is 1. The summed E-state index contributed by atoms with van der Waals surface area (Å²) in [5.74, 6) is -0.149. The molecule has 0 saturated heterocycles. The highest BCUT2D eigenvalue weighted by Crippen LogP contribution is 2.62. The topological polar surface area (TPSA) is 119 Å². The molecule has 0 bridgehead atoms. The number of amides is 1. The number of ether oxygens (including phenoxy) is 4. The van der Waals surface area contributed by atoms with Crippen LogP contribution in [-0.4, -0.2) is 83.9 Å². The van der Waals surface area contributed by atoms with Gasteiger partial charge in [-0.15, -0.1) is 6.58 Å². The lowest BCUT2D eigenvalue weighted by atomic mass is 9.55. The Kier molecular flexibility index (Phi) is 14.4. The number of unbranched alkanes of at least 4 members (excludes halogenated alkanes) is 2. The van der Waals surface area contributed by atoms with Gasteiger partial charge in [-0.1, -0.05) is 49.7 Å². The van der Waals surface area contributed by atoms with Crippen molar-refractivity contribution in [3.05, 3.63) is 60.7 Å². The van der Waals surface area contributed by atoms with Gasteiger partial charge in [-0.05, 0) is 95.4 Å². The zero-order chi connectivity index (χ0) is 36.3. The van der Waals surface area contributed by atoms with Crippen molar-refractivity contribution in [1.82, 2.24) is 4.90 Å². The number of oxime groups is 1. The first-order valence-electron chi connectivity index (χ1n) is 18.5. The van der Waals surface area contributed by atoms with Crippen molar-refractivity contribution >= 4 is 11.8 Å². The first-order valence-corrected chi connectivity index (χ1v) is 18.5. The molecular weight excluding hydrogens is 636 g/mol. The summed E-state index contributed by atoms with van der Waals surface area (Å²) in [6.07, 6.45) is 11.2. The third-order valence-electron chi connectivity index (χ3n) is 9.79. The Hall–Kier alpha value is -3.34. The SMILES string of the molecule is C=CCOc1ccc2c(c1)[C@H]1[C@H](CCCCO)[C@@H](CCCCO)C=C3C(=NOC(C)(C)C)C[C@H](N(CCC)C(=O)OCC)[C@@](OCC=C)(O2)[C@H]31. The number of hydrogen-bond acceptors (Lipinski definition) is 9. The van der Waals surface area contributed by atoms with Crippen molar-refractivity contribution in [2.45, 2.75) is 109 Å². The van der Waals surface area contributed by atoms with Crippen LogP contribution >= 0.6 is 0 Å². The molecule has 1 amide bonds. The van der Waals surface area contributed by atoms with Gasteiger partial charge < -0.3 is 34.0 Å². The first kappa shape index (κ1) is 39.4. The minimum atomic E-state index is -1.31. The largest absolute Gasteiger partial charge is 0.490 e. The van der Waals surface area contributed by atoms with Gasteiger partial charge >= 0.3 is 6.09 Å². The Morgan fingerprint density at radius 1 is 1.08 bits per heavy atom. The van der Waals surface area contributed by atoms with E-state index < -0.39 is 23.5 Å². The number of carbonyl (C=O) groups excluding carboxylic acids is 1. The van der Waals surface area contributed by atoms with E-state index in [9.17, 15) is 15.0 Å². The smallest absolute Gasteiger partial charge is 0.410 e. The number of fused-ring (bicyclic) bond motifs is 2. The molecule has 0 unspecified atom stereocenters. The van der Waals surface area contributed by atoms with E-state index in [1.165, 1.54) is 0 Å². The summed E-state index contributed by atoms with van der Waals surface area (Å²) in [6.45, 7) is 19.0. The van der Waals surface area contributed by atoms with E-state index in [4.69, 9.17) is 28.9 Å². The van der Waals surface area contributed by atoms with E-state index in [2.05, 4.69) is 25.3 Å². The van der Waals surface area contributed by atoms with Crippen molar-refractivity contribution in [2.75, 3.05) is 39.6 Å². The van der Waals surface area contributed by atoms with Crippen molar-refractivity contribution in [3.63, 3.8) is 0 Å². The van der Waals surface area contributed by atoms with Crippen LogP contribution in [0.5, 0.6) is 11.5 Å². The zero-order valence-corrected chi connectivity index (χ0v) is 30.9. The molecule has 1 aromatic carbocycles. The lowest BCUT2D eigenvalue weighted by molar-refractivity contribution is -0.255. The molecule has 1 saturated carbocycles. The van der Waals surface area contributed by atoms with E-state index >= 15 is 0 Å². The molecule has 10 nitrogen and oxygen atoms in total. The fraction of sp³-hybridized carbons (Fsp3) is 0.650. The maximum Gasteiger partial charge on any atom is 0.410 e. The standard InChI is InChI=1S/C40H60N2O8/c1-8-20-42(38(45)46-11-4)35-27-33(41-50-39(5,6)7)31-25-28(16-12-14-21-43)30(17-13-15-22-44)36-32-26-29(47-23-9-2)18-19-34(32)49-40(35,37(31)36)48-24-10-3/h9-10,18-19,25-26,28,30,35-37,43-44H,2-3,8,11-17,20-24,27H2,1,4-7H3/t28-,30+,35-,36+,37+,40+/m0/s1. The van der Waals surface area contributed by atoms with E-state index in [0.717, 1.165) is 42.5 Å². The minimum absolute atomic E-state index is 0.122. The molecule has 1 aliphatic heterocycles. The minimum Gasteiger partial charge on any atom is -0.490 e. The Morgan fingerprint density at radius 2 is 1.80 bits per heavy atom. The number of benzene rings is 1. The molecule has 2 aliphatic carbocycles. The van der Waals surface area contributed by atoms with Crippen LogP contribution in [0.15, 0.2) is 60.3 Å². The summed E-state index contributed by atoms with van der Waals surface area (Å²) in [5, 5.41) is 24.4. The highest BCUT2D eigenvalue weighted by Gasteiger charge is 2.65. The molecule has 50 heavy (non-hydrogen) atoms. The molecule has 1 heterocycles. The third kappa shape index (κ3) is 8.93. The number of nitrogens with zero attached hydrogens (tertiary/aromatic N) is 2. The van der Waals surface area contributed by atoms with Crippen molar-refractivity contribution in [3.8, 4) is 11.5 Å². The van der Waals surface area contributed by atoms with E-state index in [-0.39, 0.29) is 50.1 Å². The molecule has 3 aliphatic rings. The average Bonchev–Trinajstić information content (AvgIpc) is 3.09. The van der Waals surface area contributed by atoms with Gasteiger partial charge in [0.25, 0.3) is 0 Å². The lowest BCUT2D eigenvalue weighted by Crippen LogP contribution is -2.70. The number of aliphatic hydroxyl groups is 2. The van der Waals surface area contributed by atoms with Crippen molar-refractivity contribution in [2.24, 2.45) is 22.9 Å². The zero-order valence-electron chi connectivity index (χ0n) is 30.9. The molecule has 278 valence electrons. The third-order valence-corrected chi connectivity index (χ3v) is 9.79. The Balaban J connectivity index is 2.06. The maximum absolute atomic E-state index is 13.8. The van der Waals surface area contributed by atoms with E-state index in [1.54, 1.807) is 17.1 Å². The molecule has 2 N–H and O–H groups in total. The Bertz CT molecular complexity index is 1350. The van der Waals surface area contributed by atoms with Gasteiger partial charge in [0, 0.05) is 37.7 Å². The number of rotatable bonds is 19. The predicted octanol–water partition coefficient (Wildman–Crippen LogP) is 7.55. The van der Waals surface area contributed by atoms with Gasteiger partial charge in [0.2, 0.25) is 5.79 Å². The Morgan fingerprint density at radius 3 is 2.44 bits per heavy atom. The van der Waals surface area contributed by atoms with Gasteiger partial charge in [0.15, 0.2) is 0 Å². The quantitative estimate of drug-likeness (QED) is 0.0865. The summed E-state index contributed by atoms with van der Waals surface area (Å²) in [7, 11) is 0. The second kappa shape index (κ2) is 18.2. The summed E-state index contributed by atoms with van der Waals surface area (Å²) >= 11 is 0. The van der Waals surface area contributed by atoms with Crippen LogP contribution in [-0.2, 0) is 14.3 Å². The number of aliphatic hydroxyl groups excluding tert-OH is 2. The molecule has 1 fully saturated rings. The first-order chi connectivity index (χ1) is 24.1. The second-order valence-corrected chi connectivity index (χ2v) is 14.5. The fourth-order valence-electron chi connectivity index (χ4n) is 7.91. The summed E-state index contributed by atoms with van der Waals surface area (Å²) < 4.78 is 25.9. The van der Waals surface area contributed by atoms with Crippen LogP contribution in [0.1, 0.15) is 97.5 Å². The van der Waals surface area contributed by atoms with Crippen molar-refractivity contribution < 1.29 is 38.8 Å². The second-order valence-electron chi connectivity index (χ2n) is 14.5. The van der Waals surface area contributed by atoms with Crippen LogP contribution in [0.4, 0.5) is 4.79 Å². The molecular formula is C40H60N2O8. The molecule has 0 aromatic heterocycles. The van der Waals surface area contributed by atoms with Crippen LogP contribution in [0.2, 0.25) is 0 Å². The highest BCUT2D eigenvalue weighted by atomic mass is 16.7. The van der Waals surface area contributed by atoms with Gasteiger partial charge in [-0.3, -0.25) is 4.90 Å². The summed E-state index contributed by atoms with van der Waals surface area (Å²) in [4.78, 5) is 21.7. The molecule has 6 atom stereocenters. The van der Waals surface area contributed by atoms with E-state index in [0.29, 0.717) is 50.3 Å². The van der Waals surface area contributed by atoms with Gasteiger partial charge in [0.05, 0.1) is 24.8 Å². The molecule has 4 rings (SSSR count). The van der Waals surface area contributed by atoms with Gasteiger partial charge in [0.1, 0.15) is 29.7 Å². The van der Waals surface area contributed by atoms with Crippen molar-refractivity contribution in [1.29, 1.82) is 0 Å². The van der Waals surface area contributed by atoms with Gasteiger partial charge in [-0.25, -0.2) is 4.79 Å². The maximum atomic E-state index is 13.8. The average molecular weight is 697 g/mol. The number of hydrogen-bond donors (Lipinski definition) is 2. The summed E-state index contributed by atoms with van der Waals surface area (Å²) in [6, 6.07) is 5.32. The van der Waals surface area contributed by atoms with Crippen LogP contribution in [0.3, 0.4) is 0 Å². The highest BCUT2D eigenvalue weighted by molar-refractivity contribution is 6.03. The normalized spacial score (nSPS) is 26.2. The van der Waals surface area contributed by atoms with Crippen LogP contribution in [0, 0.1) is 17.8 Å². The monoisotopic (exact) mass is 696 g/mol. The Labute approximate surface area is 299 Å². The lowest BCUT2D eigenvalue weighted by Gasteiger charge is -2.60. The van der Waals surface area contributed by atoms with E-state index in [1.807, 2.05) is 46.8 Å². The summed E-state index contributed by atoms with van der Waals surface area (Å²) in [5.41, 5.74) is 2.22. The number of allylic oxidation sites excluding steroid dienone is 1. The molecule has 1 aromatic rings. The molecule has 0 spiro atoms.